The standard InChI is InChI=1S/C17H15N5OS2/c1-11-5-3-6-12(9-11)16-19-20-17(22(16)2)25-10-14-18-15(21-23-14)13-7-4-8-24-13/h3-9H,10H2,1-2H3. The van der Waals surface area contributed by atoms with Crippen LogP contribution in [-0.4, -0.2) is 24.9 Å². The fourth-order valence-corrected chi connectivity index (χ4v) is 3.82. The second-order valence-electron chi connectivity index (χ2n) is 5.51. The number of rotatable bonds is 5. The van der Waals surface area contributed by atoms with Gasteiger partial charge in [-0.1, -0.05) is 46.7 Å². The summed E-state index contributed by atoms with van der Waals surface area (Å²) in [5.74, 6) is 2.60. The van der Waals surface area contributed by atoms with Crippen LogP contribution < -0.4 is 0 Å². The van der Waals surface area contributed by atoms with Gasteiger partial charge in [0.2, 0.25) is 11.7 Å². The van der Waals surface area contributed by atoms with Crippen molar-refractivity contribution < 1.29 is 4.52 Å². The molecule has 0 aliphatic carbocycles. The summed E-state index contributed by atoms with van der Waals surface area (Å²) in [7, 11) is 1.96. The van der Waals surface area contributed by atoms with E-state index in [1.807, 2.05) is 41.3 Å². The van der Waals surface area contributed by atoms with E-state index in [2.05, 4.69) is 39.4 Å². The lowest BCUT2D eigenvalue weighted by atomic mass is 10.1. The van der Waals surface area contributed by atoms with Crippen molar-refractivity contribution in [2.45, 2.75) is 17.8 Å². The van der Waals surface area contributed by atoms with Gasteiger partial charge in [-0.2, -0.15) is 4.98 Å². The molecular formula is C17H15N5OS2. The molecule has 0 atom stereocenters. The predicted molar refractivity (Wildman–Crippen MR) is 98.3 cm³/mol. The quantitative estimate of drug-likeness (QED) is 0.491. The summed E-state index contributed by atoms with van der Waals surface area (Å²) in [6.07, 6.45) is 0. The van der Waals surface area contributed by atoms with Crippen LogP contribution in [-0.2, 0) is 12.8 Å². The van der Waals surface area contributed by atoms with Crippen molar-refractivity contribution in [2.24, 2.45) is 7.05 Å². The highest BCUT2D eigenvalue weighted by atomic mass is 32.2. The number of hydrogen-bond acceptors (Lipinski definition) is 7. The molecule has 0 fully saturated rings. The van der Waals surface area contributed by atoms with Crippen LogP contribution in [0.5, 0.6) is 0 Å². The molecule has 0 N–H and O–H groups in total. The molecule has 0 saturated carbocycles. The zero-order chi connectivity index (χ0) is 17.2. The molecule has 25 heavy (non-hydrogen) atoms. The Morgan fingerprint density at radius 1 is 1.20 bits per heavy atom. The first-order valence-corrected chi connectivity index (χ1v) is 9.53. The molecule has 0 radical (unpaired) electrons. The van der Waals surface area contributed by atoms with Crippen LogP contribution in [0.25, 0.3) is 22.1 Å². The van der Waals surface area contributed by atoms with Gasteiger partial charge in [0.05, 0.1) is 10.6 Å². The number of benzene rings is 1. The number of aromatic nitrogens is 5. The first-order valence-electron chi connectivity index (χ1n) is 7.66. The molecule has 0 unspecified atom stereocenters. The monoisotopic (exact) mass is 369 g/mol. The summed E-state index contributed by atoms with van der Waals surface area (Å²) in [5, 5.41) is 15.4. The number of thioether (sulfide) groups is 1. The maximum Gasteiger partial charge on any atom is 0.237 e. The highest BCUT2D eigenvalue weighted by Gasteiger charge is 2.14. The van der Waals surface area contributed by atoms with E-state index in [1.54, 1.807) is 11.3 Å². The summed E-state index contributed by atoms with van der Waals surface area (Å²) >= 11 is 3.12. The van der Waals surface area contributed by atoms with E-state index in [-0.39, 0.29) is 0 Å². The largest absolute Gasteiger partial charge is 0.338 e. The van der Waals surface area contributed by atoms with E-state index < -0.39 is 0 Å². The molecule has 3 heterocycles. The minimum absolute atomic E-state index is 0.554. The van der Waals surface area contributed by atoms with Gasteiger partial charge in [-0.25, -0.2) is 0 Å². The minimum atomic E-state index is 0.554. The van der Waals surface area contributed by atoms with Gasteiger partial charge in [0, 0.05) is 12.6 Å². The van der Waals surface area contributed by atoms with Crippen LogP contribution in [0, 0.1) is 6.92 Å². The van der Waals surface area contributed by atoms with Crippen molar-refractivity contribution >= 4 is 23.1 Å². The van der Waals surface area contributed by atoms with Crippen molar-refractivity contribution in [3.63, 3.8) is 0 Å². The van der Waals surface area contributed by atoms with Gasteiger partial charge in [-0.3, -0.25) is 0 Å². The average molecular weight is 369 g/mol. The molecule has 0 spiro atoms. The molecule has 1 aromatic carbocycles. The summed E-state index contributed by atoms with van der Waals surface area (Å²) in [6.45, 7) is 2.07. The van der Waals surface area contributed by atoms with Crippen LogP contribution in [0.15, 0.2) is 51.5 Å². The van der Waals surface area contributed by atoms with Crippen molar-refractivity contribution in [2.75, 3.05) is 0 Å². The molecule has 6 nitrogen and oxygen atoms in total. The van der Waals surface area contributed by atoms with E-state index >= 15 is 0 Å². The van der Waals surface area contributed by atoms with E-state index in [4.69, 9.17) is 4.52 Å². The summed E-state index contributed by atoms with van der Waals surface area (Å²) in [4.78, 5) is 5.43. The van der Waals surface area contributed by atoms with Crippen LogP contribution in [0.1, 0.15) is 11.5 Å². The lowest BCUT2D eigenvalue weighted by molar-refractivity contribution is 0.391. The number of hydrogen-bond donors (Lipinski definition) is 0. The van der Waals surface area contributed by atoms with Crippen molar-refractivity contribution in [1.82, 2.24) is 24.9 Å². The summed E-state index contributed by atoms with van der Waals surface area (Å²) in [6, 6.07) is 12.2. The van der Waals surface area contributed by atoms with Gasteiger partial charge in [0.25, 0.3) is 0 Å². The van der Waals surface area contributed by atoms with Crippen molar-refractivity contribution in [3.8, 4) is 22.1 Å². The highest BCUT2D eigenvalue weighted by Crippen LogP contribution is 2.27. The van der Waals surface area contributed by atoms with E-state index in [0.717, 1.165) is 21.4 Å². The number of thiophene rings is 1. The van der Waals surface area contributed by atoms with Crippen LogP contribution in [0.4, 0.5) is 0 Å². The van der Waals surface area contributed by atoms with Crippen LogP contribution in [0.2, 0.25) is 0 Å². The molecule has 0 amide bonds. The third-order valence-electron chi connectivity index (χ3n) is 3.65. The third-order valence-corrected chi connectivity index (χ3v) is 5.52. The van der Waals surface area contributed by atoms with Crippen molar-refractivity contribution in [1.29, 1.82) is 0 Å². The Kier molecular flexibility index (Phi) is 4.37. The first kappa shape index (κ1) is 16.0. The molecule has 0 bridgehead atoms. The summed E-state index contributed by atoms with van der Waals surface area (Å²) in [5.41, 5.74) is 2.25. The third kappa shape index (κ3) is 3.35. The van der Waals surface area contributed by atoms with Gasteiger partial charge in [-0.15, -0.1) is 21.5 Å². The van der Waals surface area contributed by atoms with Crippen molar-refractivity contribution in [3.05, 3.63) is 53.2 Å². The molecular weight excluding hydrogens is 354 g/mol. The molecule has 3 aromatic heterocycles. The maximum atomic E-state index is 5.32. The lowest BCUT2D eigenvalue weighted by Crippen LogP contribution is -1.95. The molecule has 0 saturated heterocycles. The lowest BCUT2D eigenvalue weighted by Gasteiger charge is -2.03. The Balaban J connectivity index is 1.49. The van der Waals surface area contributed by atoms with Gasteiger partial charge >= 0.3 is 0 Å². The van der Waals surface area contributed by atoms with Gasteiger partial charge in [-0.05, 0) is 24.4 Å². The molecule has 0 aliphatic heterocycles. The SMILES string of the molecule is Cc1cccc(-c2nnc(SCc3nc(-c4cccs4)no3)n2C)c1. The second-order valence-corrected chi connectivity index (χ2v) is 7.40. The Labute approximate surface area is 152 Å². The normalized spacial score (nSPS) is 11.1. The Morgan fingerprint density at radius 3 is 2.92 bits per heavy atom. The topological polar surface area (TPSA) is 69.6 Å². The molecule has 4 aromatic rings. The van der Waals surface area contributed by atoms with Gasteiger partial charge < -0.3 is 9.09 Å². The smallest absolute Gasteiger partial charge is 0.237 e. The van der Waals surface area contributed by atoms with E-state index in [0.29, 0.717) is 17.5 Å². The van der Waals surface area contributed by atoms with Crippen LogP contribution >= 0.6 is 23.1 Å². The fraction of sp³-hybridized carbons (Fsp3) is 0.176. The van der Waals surface area contributed by atoms with Gasteiger partial charge in [0.15, 0.2) is 11.0 Å². The first-order chi connectivity index (χ1) is 12.2. The van der Waals surface area contributed by atoms with E-state index in [9.17, 15) is 0 Å². The number of nitrogens with zero attached hydrogens (tertiary/aromatic N) is 5. The average Bonchev–Trinajstić information content (AvgIpc) is 3.34. The Bertz CT molecular complexity index is 990. The van der Waals surface area contributed by atoms with Gasteiger partial charge in [0.1, 0.15) is 0 Å². The molecule has 0 aliphatic rings. The van der Waals surface area contributed by atoms with E-state index in [1.165, 1.54) is 17.3 Å². The maximum absolute atomic E-state index is 5.32. The minimum Gasteiger partial charge on any atom is -0.338 e. The molecule has 126 valence electrons. The fourth-order valence-electron chi connectivity index (χ4n) is 2.42. The highest BCUT2D eigenvalue weighted by molar-refractivity contribution is 7.98. The molecule has 8 heteroatoms. The second kappa shape index (κ2) is 6.81. The zero-order valence-electron chi connectivity index (χ0n) is 13.7. The summed E-state index contributed by atoms with van der Waals surface area (Å²) < 4.78 is 7.31. The Hall–Kier alpha value is -2.45. The Morgan fingerprint density at radius 2 is 2.12 bits per heavy atom. The number of aryl methyl sites for hydroxylation is 1. The van der Waals surface area contributed by atoms with Crippen LogP contribution in [0.3, 0.4) is 0 Å². The zero-order valence-corrected chi connectivity index (χ0v) is 15.3. The molecule has 4 rings (SSSR count). The predicted octanol–water partition coefficient (Wildman–Crippen LogP) is 4.19.